The summed E-state index contributed by atoms with van der Waals surface area (Å²) in [6.07, 6.45) is 6.02. The highest BCUT2D eigenvalue weighted by Gasteiger charge is 2.30. The quantitative estimate of drug-likeness (QED) is 0.891. The molecule has 5 nitrogen and oxygen atoms in total. The van der Waals surface area contributed by atoms with Crippen molar-refractivity contribution in [1.29, 1.82) is 0 Å². The zero-order valence-corrected chi connectivity index (χ0v) is 15.4. The van der Waals surface area contributed by atoms with E-state index in [0.717, 1.165) is 11.3 Å². The molecule has 3 aliphatic rings. The van der Waals surface area contributed by atoms with Gasteiger partial charge in [0.05, 0.1) is 5.70 Å². The normalized spacial score (nSPS) is 25.9. The number of hydrogen-bond donors (Lipinski definition) is 1. The lowest BCUT2D eigenvalue weighted by Gasteiger charge is -2.20. The van der Waals surface area contributed by atoms with Gasteiger partial charge in [-0.25, -0.2) is 9.98 Å². The topological polar surface area (TPSA) is 55.2 Å². The van der Waals surface area contributed by atoms with Crippen LogP contribution in [0, 0.1) is 0 Å². The van der Waals surface area contributed by atoms with Crippen LogP contribution in [-0.2, 0) is 9.47 Å². The van der Waals surface area contributed by atoms with E-state index < -0.39 is 0 Å². The van der Waals surface area contributed by atoms with E-state index in [-0.39, 0.29) is 18.1 Å². The Morgan fingerprint density at radius 1 is 0.786 bits per heavy atom. The van der Waals surface area contributed by atoms with Crippen molar-refractivity contribution in [2.45, 2.75) is 18.1 Å². The number of allylic oxidation sites excluding steroid dienone is 2. The monoisotopic (exact) mass is 371 g/mol. The molecule has 0 radical (unpaired) electrons. The molecule has 0 aromatic heterocycles. The van der Waals surface area contributed by atoms with Crippen LogP contribution in [0.4, 0.5) is 0 Å². The summed E-state index contributed by atoms with van der Waals surface area (Å²) in [4.78, 5) is 9.53. The van der Waals surface area contributed by atoms with Crippen molar-refractivity contribution in [3.05, 3.63) is 95.7 Å². The Balaban J connectivity index is 1.30. The highest BCUT2D eigenvalue weighted by Crippen LogP contribution is 2.27. The summed E-state index contributed by atoms with van der Waals surface area (Å²) in [6, 6.07) is 20.4. The van der Waals surface area contributed by atoms with Crippen molar-refractivity contribution in [3.63, 3.8) is 0 Å². The maximum atomic E-state index is 5.89. The molecule has 5 heteroatoms. The maximum absolute atomic E-state index is 5.89. The summed E-state index contributed by atoms with van der Waals surface area (Å²) < 4.78 is 11.8. The Morgan fingerprint density at radius 3 is 2.14 bits per heavy atom. The van der Waals surface area contributed by atoms with E-state index in [4.69, 9.17) is 19.5 Å². The smallest absolute Gasteiger partial charge is 0.233 e. The SMILES string of the molecule is C1=CC(C2=N[C@H](c3ccccc3)CO2)NC(C2=N[C@H](c3ccccc3)CO2)=C1. The van der Waals surface area contributed by atoms with Crippen LogP contribution >= 0.6 is 0 Å². The zero-order valence-electron chi connectivity index (χ0n) is 15.4. The Hall–Kier alpha value is -3.34. The summed E-state index contributed by atoms with van der Waals surface area (Å²) >= 11 is 0. The van der Waals surface area contributed by atoms with Gasteiger partial charge in [-0.05, 0) is 17.2 Å². The van der Waals surface area contributed by atoms with Crippen LogP contribution in [0.2, 0.25) is 0 Å². The second kappa shape index (κ2) is 7.35. The van der Waals surface area contributed by atoms with Crippen LogP contribution in [0.25, 0.3) is 0 Å². The van der Waals surface area contributed by atoms with Crippen LogP contribution in [0.15, 0.2) is 94.6 Å². The molecule has 2 aromatic carbocycles. The minimum atomic E-state index is -0.115. The van der Waals surface area contributed by atoms with Gasteiger partial charge in [-0.2, -0.15) is 0 Å². The predicted molar refractivity (Wildman–Crippen MR) is 109 cm³/mol. The Labute approximate surface area is 164 Å². The number of nitrogens with zero attached hydrogens (tertiary/aromatic N) is 2. The first-order valence-electron chi connectivity index (χ1n) is 9.53. The van der Waals surface area contributed by atoms with Crippen LogP contribution in [0.1, 0.15) is 23.2 Å². The van der Waals surface area contributed by atoms with Gasteiger partial charge in [0.25, 0.3) is 0 Å². The van der Waals surface area contributed by atoms with Crippen molar-refractivity contribution < 1.29 is 9.47 Å². The average Bonchev–Trinajstić information content (AvgIpc) is 3.46. The summed E-state index contributed by atoms with van der Waals surface area (Å²) in [5.41, 5.74) is 3.19. The molecule has 0 saturated carbocycles. The van der Waals surface area contributed by atoms with E-state index in [0.29, 0.717) is 25.0 Å². The first kappa shape index (κ1) is 16.8. The maximum Gasteiger partial charge on any atom is 0.233 e. The molecule has 1 N–H and O–H groups in total. The van der Waals surface area contributed by atoms with E-state index in [1.54, 1.807) is 0 Å². The molecule has 0 bridgehead atoms. The van der Waals surface area contributed by atoms with Gasteiger partial charge in [-0.3, -0.25) is 0 Å². The van der Waals surface area contributed by atoms with Crippen LogP contribution < -0.4 is 5.32 Å². The molecule has 0 amide bonds. The van der Waals surface area contributed by atoms with Crippen LogP contribution in [0.5, 0.6) is 0 Å². The lowest BCUT2D eigenvalue weighted by atomic mass is 10.1. The van der Waals surface area contributed by atoms with Gasteiger partial charge in [0.2, 0.25) is 11.8 Å². The third kappa shape index (κ3) is 3.31. The van der Waals surface area contributed by atoms with E-state index >= 15 is 0 Å². The Morgan fingerprint density at radius 2 is 1.43 bits per heavy atom. The van der Waals surface area contributed by atoms with Crippen molar-refractivity contribution in [2.24, 2.45) is 9.98 Å². The van der Waals surface area contributed by atoms with Gasteiger partial charge >= 0.3 is 0 Å². The van der Waals surface area contributed by atoms with E-state index in [2.05, 4.69) is 29.6 Å². The molecule has 0 saturated heterocycles. The highest BCUT2D eigenvalue weighted by molar-refractivity contribution is 5.96. The molecule has 1 unspecified atom stereocenters. The fourth-order valence-corrected chi connectivity index (χ4v) is 3.58. The third-order valence-corrected chi connectivity index (χ3v) is 5.07. The fraction of sp³-hybridized carbons (Fsp3) is 0.217. The second-order valence-corrected chi connectivity index (χ2v) is 6.96. The molecule has 0 aliphatic carbocycles. The number of aliphatic imine (C=N–C) groups is 2. The molecule has 3 aliphatic heterocycles. The van der Waals surface area contributed by atoms with E-state index in [9.17, 15) is 0 Å². The van der Waals surface area contributed by atoms with Gasteiger partial charge in [0.15, 0.2) is 0 Å². The number of ether oxygens (including phenoxy) is 2. The summed E-state index contributed by atoms with van der Waals surface area (Å²) in [7, 11) is 0. The van der Waals surface area contributed by atoms with E-state index in [1.807, 2.05) is 54.6 Å². The molecule has 0 fully saturated rings. The van der Waals surface area contributed by atoms with Gasteiger partial charge in [0, 0.05) is 0 Å². The lowest BCUT2D eigenvalue weighted by Crippen LogP contribution is -2.38. The number of benzene rings is 2. The summed E-state index contributed by atoms with van der Waals surface area (Å²) in [5, 5.41) is 3.44. The minimum absolute atomic E-state index is 0.0331. The highest BCUT2D eigenvalue weighted by atomic mass is 16.5. The van der Waals surface area contributed by atoms with E-state index in [1.165, 1.54) is 5.56 Å². The van der Waals surface area contributed by atoms with Gasteiger partial charge < -0.3 is 14.8 Å². The zero-order chi connectivity index (χ0) is 18.8. The lowest BCUT2D eigenvalue weighted by molar-refractivity contribution is 0.306. The molecule has 140 valence electrons. The number of rotatable bonds is 4. The number of nitrogens with one attached hydrogen (secondary N) is 1. The Kier molecular flexibility index (Phi) is 4.41. The van der Waals surface area contributed by atoms with Crippen LogP contribution in [0.3, 0.4) is 0 Å². The molecular weight excluding hydrogens is 350 g/mol. The second-order valence-electron chi connectivity index (χ2n) is 6.96. The van der Waals surface area contributed by atoms with Crippen molar-refractivity contribution in [1.82, 2.24) is 5.32 Å². The number of hydrogen-bond acceptors (Lipinski definition) is 5. The first-order valence-corrected chi connectivity index (χ1v) is 9.53. The van der Waals surface area contributed by atoms with Gasteiger partial charge in [-0.1, -0.05) is 72.8 Å². The molecule has 0 spiro atoms. The van der Waals surface area contributed by atoms with Crippen LogP contribution in [-0.4, -0.2) is 31.1 Å². The minimum Gasteiger partial charge on any atom is -0.477 e. The Bertz CT molecular complexity index is 964. The molecule has 28 heavy (non-hydrogen) atoms. The van der Waals surface area contributed by atoms with Gasteiger partial charge in [0.1, 0.15) is 31.3 Å². The first-order chi connectivity index (χ1) is 13.9. The molecule has 3 atom stereocenters. The van der Waals surface area contributed by atoms with Crippen molar-refractivity contribution in [3.8, 4) is 0 Å². The largest absolute Gasteiger partial charge is 0.477 e. The average molecular weight is 371 g/mol. The van der Waals surface area contributed by atoms with Gasteiger partial charge in [-0.15, -0.1) is 0 Å². The van der Waals surface area contributed by atoms with Crippen molar-refractivity contribution in [2.75, 3.05) is 13.2 Å². The molecule has 2 aromatic rings. The molecule has 5 rings (SSSR count). The summed E-state index contributed by atoms with van der Waals surface area (Å²) in [5.74, 6) is 1.34. The third-order valence-electron chi connectivity index (χ3n) is 5.07. The summed E-state index contributed by atoms with van der Waals surface area (Å²) in [6.45, 7) is 1.12. The predicted octanol–water partition coefficient (Wildman–Crippen LogP) is 3.74. The molecule has 3 heterocycles. The fourth-order valence-electron chi connectivity index (χ4n) is 3.58. The van der Waals surface area contributed by atoms with Crippen molar-refractivity contribution >= 4 is 11.8 Å². The standard InChI is InChI=1S/C23H21N3O2/c1-3-8-16(9-4-1)20-14-27-22(25-20)18-12-7-13-19(24-18)23-26-21(15-28-23)17-10-5-2-6-11-17/h1-13,18,20-21,24H,14-15H2/t18?,20-,21-/m0/s1. The number of dihydropyridines is 1. The molecular formula is C23H21N3O2.